The first-order valence-corrected chi connectivity index (χ1v) is 6.78. The predicted octanol–water partition coefficient (Wildman–Crippen LogP) is 1.75. The molecular formula is C15H22N2O2. The van der Waals surface area contributed by atoms with Crippen LogP contribution in [0.1, 0.15) is 31.2 Å². The molecule has 1 aliphatic heterocycles. The Labute approximate surface area is 114 Å². The second-order valence-electron chi connectivity index (χ2n) is 5.03. The van der Waals surface area contributed by atoms with Crippen LogP contribution in [0.25, 0.3) is 0 Å². The minimum atomic E-state index is 0.148. The summed E-state index contributed by atoms with van der Waals surface area (Å²) in [4.78, 5) is 13.6. The first-order chi connectivity index (χ1) is 9.17. The second-order valence-corrected chi connectivity index (χ2v) is 5.03. The van der Waals surface area contributed by atoms with Gasteiger partial charge in [-0.3, -0.25) is 4.79 Å². The summed E-state index contributed by atoms with van der Waals surface area (Å²) in [6.07, 6.45) is 1.87. The molecule has 4 heteroatoms. The maximum Gasteiger partial charge on any atom is 0.219 e. The first-order valence-electron chi connectivity index (χ1n) is 6.78. The highest BCUT2D eigenvalue weighted by atomic mass is 16.5. The topological polar surface area (TPSA) is 55.6 Å². The zero-order valence-electron chi connectivity index (χ0n) is 11.6. The lowest BCUT2D eigenvalue weighted by Crippen LogP contribution is -2.37. The van der Waals surface area contributed by atoms with E-state index in [2.05, 4.69) is 12.1 Å². The molecule has 1 aromatic carbocycles. The zero-order valence-corrected chi connectivity index (χ0v) is 11.6. The lowest BCUT2D eigenvalue weighted by Gasteiger charge is -2.27. The molecule has 0 aromatic heterocycles. The highest BCUT2D eigenvalue weighted by Crippen LogP contribution is 2.35. The van der Waals surface area contributed by atoms with Crippen LogP contribution in [-0.4, -0.2) is 37.0 Å². The number of methoxy groups -OCH3 is 1. The molecule has 104 valence electrons. The van der Waals surface area contributed by atoms with Crippen LogP contribution in [0.15, 0.2) is 24.3 Å². The van der Waals surface area contributed by atoms with Crippen LogP contribution >= 0.6 is 0 Å². The van der Waals surface area contributed by atoms with Gasteiger partial charge in [-0.05, 0) is 37.1 Å². The highest BCUT2D eigenvalue weighted by molar-refractivity contribution is 5.74. The molecule has 2 unspecified atom stereocenters. The van der Waals surface area contributed by atoms with E-state index in [0.717, 1.165) is 25.1 Å². The normalized spacial score (nSPS) is 22.6. The molecule has 0 saturated carbocycles. The number of hydrogen-bond acceptors (Lipinski definition) is 3. The summed E-state index contributed by atoms with van der Waals surface area (Å²) < 4.78 is 5.18. The summed E-state index contributed by atoms with van der Waals surface area (Å²) >= 11 is 0. The Bertz CT molecular complexity index is 430. The number of likely N-dealkylation sites (tertiary alicyclic amines) is 1. The van der Waals surface area contributed by atoms with Gasteiger partial charge in [-0.15, -0.1) is 0 Å². The van der Waals surface area contributed by atoms with Gasteiger partial charge in [0.2, 0.25) is 5.91 Å². The van der Waals surface area contributed by atoms with Crippen LogP contribution in [0.3, 0.4) is 0 Å². The number of nitrogens with two attached hydrogens (primary N) is 1. The van der Waals surface area contributed by atoms with Crippen LogP contribution in [0.5, 0.6) is 5.75 Å². The van der Waals surface area contributed by atoms with Crippen LogP contribution < -0.4 is 10.5 Å². The number of ether oxygens (including phenoxy) is 1. The van der Waals surface area contributed by atoms with Crippen LogP contribution in [0.4, 0.5) is 0 Å². The largest absolute Gasteiger partial charge is 0.497 e. The highest BCUT2D eigenvalue weighted by Gasteiger charge is 2.35. The van der Waals surface area contributed by atoms with Crippen LogP contribution in [0, 0.1) is 0 Å². The Hall–Kier alpha value is -1.55. The summed E-state index contributed by atoms with van der Waals surface area (Å²) in [6, 6.07) is 8.38. The van der Waals surface area contributed by atoms with Crippen molar-refractivity contribution in [3.8, 4) is 5.75 Å². The van der Waals surface area contributed by atoms with Gasteiger partial charge in [0, 0.05) is 25.4 Å². The molecule has 1 aliphatic rings. The molecular weight excluding hydrogens is 240 g/mol. The average molecular weight is 262 g/mol. The molecule has 4 nitrogen and oxygen atoms in total. The zero-order chi connectivity index (χ0) is 13.8. The third-order valence-electron chi connectivity index (χ3n) is 3.96. The van der Waals surface area contributed by atoms with Gasteiger partial charge < -0.3 is 15.4 Å². The fraction of sp³-hybridized carbons (Fsp3) is 0.533. The first kappa shape index (κ1) is 13.9. The summed E-state index contributed by atoms with van der Waals surface area (Å²) in [6.45, 7) is 3.08. The maximum absolute atomic E-state index is 11.7. The molecule has 0 radical (unpaired) electrons. The Balaban J connectivity index is 2.19. The monoisotopic (exact) mass is 262 g/mol. The smallest absolute Gasteiger partial charge is 0.219 e. The number of hydrogen-bond donors (Lipinski definition) is 1. The minimum Gasteiger partial charge on any atom is -0.497 e. The fourth-order valence-corrected chi connectivity index (χ4v) is 3.01. The van der Waals surface area contributed by atoms with E-state index in [1.165, 1.54) is 5.56 Å². The summed E-state index contributed by atoms with van der Waals surface area (Å²) in [5.41, 5.74) is 6.97. The van der Waals surface area contributed by atoms with E-state index >= 15 is 0 Å². The van der Waals surface area contributed by atoms with Gasteiger partial charge >= 0.3 is 0 Å². The molecule has 19 heavy (non-hydrogen) atoms. The molecule has 1 saturated heterocycles. The third-order valence-corrected chi connectivity index (χ3v) is 3.96. The lowest BCUT2D eigenvalue weighted by molar-refractivity contribution is -0.129. The third kappa shape index (κ3) is 2.89. The van der Waals surface area contributed by atoms with Gasteiger partial charge in [-0.25, -0.2) is 0 Å². The van der Waals surface area contributed by atoms with Crippen LogP contribution in [-0.2, 0) is 4.79 Å². The van der Waals surface area contributed by atoms with Crippen molar-refractivity contribution in [2.24, 2.45) is 5.73 Å². The number of amides is 1. The number of benzene rings is 1. The Kier molecular flexibility index (Phi) is 4.43. The van der Waals surface area contributed by atoms with Gasteiger partial charge in [0.1, 0.15) is 5.75 Å². The SMILES string of the molecule is COc1ccc(C2CCN(C(C)=O)C2CCN)cc1. The summed E-state index contributed by atoms with van der Waals surface area (Å²) in [7, 11) is 1.67. The van der Waals surface area contributed by atoms with E-state index < -0.39 is 0 Å². The Morgan fingerprint density at radius 1 is 1.42 bits per heavy atom. The van der Waals surface area contributed by atoms with Gasteiger partial charge in [-0.1, -0.05) is 12.1 Å². The van der Waals surface area contributed by atoms with Gasteiger partial charge in [0.25, 0.3) is 0 Å². The molecule has 0 spiro atoms. The van der Waals surface area contributed by atoms with Crippen molar-refractivity contribution in [2.45, 2.75) is 31.7 Å². The van der Waals surface area contributed by atoms with E-state index in [9.17, 15) is 4.79 Å². The van der Waals surface area contributed by atoms with Crippen molar-refractivity contribution < 1.29 is 9.53 Å². The molecule has 2 N–H and O–H groups in total. The van der Waals surface area contributed by atoms with Crippen molar-refractivity contribution in [3.05, 3.63) is 29.8 Å². The van der Waals surface area contributed by atoms with Crippen LogP contribution in [0.2, 0.25) is 0 Å². The van der Waals surface area contributed by atoms with Gasteiger partial charge in [0.15, 0.2) is 0 Å². The lowest BCUT2D eigenvalue weighted by atomic mass is 9.90. The Morgan fingerprint density at radius 3 is 2.63 bits per heavy atom. The van der Waals surface area contributed by atoms with Gasteiger partial charge in [-0.2, -0.15) is 0 Å². The van der Waals surface area contributed by atoms with E-state index in [1.54, 1.807) is 14.0 Å². The van der Waals surface area contributed by atoms with Gasteiger partial charge in [0.05, 0.1) is 7.11 Å². The van der Waals surface area contributed by atoms with E-state index in [4.69, 9.17) is 10.5 Å². The predicted molar refractivity (Wildman–Crippen MR) is 75.2 cm³/mol. The van der Waals surface area contributed by atoms with E-state index in [0.29, 0.717) is 12.5 Å². The summed E-state index contributed by atoms with van der Waals surface area (Å²) in [5.74, 6) is 1.40. The number of carbonyl (C=O) groups excluding carboxylic acids is 1. The molecule has 1 heterocycles. The standard InChI is InChI=1S/C15H22N2O2/c1-11(18)17-10-8-14(15(17)7-9-16)12-3-5-13(19-2)6-4-12/h3-6,14-15H,7-10,16H2,1-2H3. The Morgan fingerprint density at radius 2 is 2.11 bits per heavy atom. The molecule has 0 aliphatic carbocycles. The fourth-order valence-electron chi connectivity index (χ4n) is 3.01. The van der Waals surface area contributed by atoms with Crippen molar-refractivity contribution in [1.29, 1.82) is 0 Å². The van der Waals surface area contributed by atoms with Crippen molar-refractivity contribution in [1.82, 2.24) is 4.90 Å². The molecule has 1 fully saturated rings. The maximum atomic E-state index is 11.7. The number of nitrogens with zero attached hydrogens (tertiary/aromatic N) is 1. The molecule has 2 rings (SSSR count). The molecule has 2 atom stereocenters. The quantitative estimate of drug-likeness (QED) is 0.899. The van der Waals surface area contributed by atoms with Crippen molar-refractivity contribution >= 4 is 5.91 Å². The van der Waals surface area contributed by atoms with Crippen molar-refractivity contribution in [2.75, 3.05) is 20.2 Å². The average Bonchev–Trinajstić information content (AvgIpc) is 2.83. The molecule has 0 bridgehead atoms. The van der Waals surface area contributed by atoms with E-state index in [-0.39, 0.29) is 11.9 Å². The number of carbonyl (C=O) groups is 1. The van der Waals surface area contributed by atoms with Crippen molar-refractivity contribution in [3.63, 3.8) is 0 Å². The van der Waals surface area contributed by atoms with E-state index in [1.807, 2.05) is 17.0 Å². The summed E-state index contributed by atoms with van der Waals surface area (Å²) in [5, 5.41) is 0. The second kappa shape index (κ2) is 6.06. The molecule has 1 aromatic rings. The molecule has 1 amide bonds. The number of rotatable bonds is 4. The minimum absolute atomic E-state index is 0.148.